The molecule has 6 heteroatoms. The van der Waals surface area contributed by atoms with Gasteiger partial charge >= 0.3 is 6.18 Å². The van der Waals surface area contributed by atoms with Crippen molar-refractivity contribution in [3.8, 4) is 0 Å². The van der Waals surface area contributed by atoms with Crippen molar-refractivity contribution < 1.29 is 18.0 Å². The Morgan fingerprint density at radius 3 is 1.89 bits per heavy atom. The number of carbonyl (C=O) groups excluding carboxylic acids is 1. The van der Waals surface area contributed by atoms with Crippen LogP contribution in [0.2, 0.25) is 0 Å². The molecular weight excluding hydrogens is 461 g/mol. The van der Waals surface area contributed by atoms with E-state index in [4.69, 9.17) is 10.5 Å². The second-order valence-electron chi connectivity index (χ2n) is 8.85. The van der Waals surface area contributed by atoms with Crippen LogP contribution in [0.1, 0.15) is 91.2 Å². The van der Waals surface area contributed by atoms with E-state index in [1.54, 1.807) is 0 Å². The van der Waals surface area contributed by atoms with Gasteiger partial charge in [0.2, 0.25) is 6.41 Å². The van der Waals surface area contributed by atoms with E-state index in [1.807, 2.05) is 56.4 Å². The van der Waals surface area contributed by atoms with E-state index < -0.39 is 6.18 Å². The Hall–Kier alpha value is -2.76. The summed E-state index contributed by atoms with van der Waals surface area (Å²) in [6.45, 7) is 17.0. The van der Waals surface area contributed by atoms with E-state index in [2.05, 4.69) is 52.1 Å². The van der Waals surface area contributed by atoms with Crippen molar-refractivity contribution in [2.24, 2.45) is 16.9 Å². The van der Waals surface area contributed by atoms with Crippen molar-refractivity contribution >= 4 is 12.1 Å². The minimum absolute atomic E-state index is 0.188. The zero-order valence-electron chi connectivity index (χ0n) is 23.4. The van der Waals surface area contributed by atoms with Gasteiger partial charge in [0.15, 0.2) is 0 Å². The maximum Gasteiger partial charge on any atom is 0.386 e. The molecule has 0 heterocycles. The van der Waals surface area contributed by atoms with Crippen LogP contribution in [0.15, 0.2) is 66.8 Å². The molecule has 0 radical (unpaired) electrons. The minimum atomic E-state index is -4.00. The summed E-state index contributed by atoms with van der Waals surface area (Å²) in [6, 6.07) is 8.16. The maximum atomic E-state index is 10.4. The summed E-state index contributed by atoms with van der Waals surface area (Å²) in [4.78, 5) is 8.58. The second kappa shape index (κ2) is 22.7. The number of nitrogens with two attached hydrogens (primary N) is 2. The SMILES string of the molecule is C=CCCC(C)(CCC)CCC.CC(F)(F)F.C\C=C/C=C\C(C)=C(\N)c1ccccc1C.NC=O. The number of rotatable bonds is 10. The van der Waals surface area contributed by atoms with E-state index in [9.17, 15) is 13.2 Å². The number of halogens is 3. The zero-order chi connectivity index (χ0) is 28.6. The van der Waals surface area contributed by atoms with Crippen molar-refractivity contribution in [2.75, 3.05) is 0 Å². The minimum Gasteiger partial charge on any atom is -0.398 e. The summed E-state index contributed by atoms with van der Waals surface area (Å²) in [5.41, 5.74) is 15.1. The average Bonchev–Trinajstić information content (AvgIpc) is 2.78. The topological polar surface area (TPSA) is 69.1 Å². The largest absolute Gasteiger partial charge is 0.398 e. The first-order valence-corrected chi connectivity index (χ1v) is 12.4. The third-order valence-electron chi connectivity index (χ3n) is 5.17. The Morgan fingerprint density at radius 1 is 1.03 bits per heavy atom. The third-order valence-corrected chi connectivity index (χ3v) is 5.17. The van der Waals surface area contributed by atoms with Crippen molar-refractivity contribution in [1.82, 2.24) is 0 Å². The Morgan fingerprint density at radius 2 is 1.50 bits per heavy atom. The fourth-order valence-electron chi connectivity index (χ4n) is 3.52. The molecular formula is C30H49F3N2O. The molecule has 0 unspecified atom stereocenters. The number of alkyl halides is 3. The molecule has 0 spiro atoms. The van der Waals surface area contributed by atoms with Crippen LogP contribution in [-0.2, 0) is 4.79 Å². The fraction of sp³-hybridized carbons (Fsp3) is 0.500. The van der Waals surface area contributed by atoms with Crippen molar-refractivity contribution in [3.05, 3.63) is 77.9 Å². The normalized spacial score (nSPS) is 11.8. The van der Waals surface area contributed by atoms with Gasteiger partial charge in [-0.1, -0.05) is 88.3 Å². The molecule has 1 rings (SSSR count). The molecule has 0 saturated heterocycles. The first-order valence-electron chi connectivity index (χ1n) is 12.4. The monoisotopic (exact) mass is 510 g/mol. The number of benzene rings is 1. The summed E-state index contributed by atoms with van der Waals surface area (Å²) in [6.07, 6.45) is 14.2. The number of hydrogen-bond donors (Lipinski definition) is 2. The van der Waals surface area contributed by atoms with Crippen molar-refractivity contribution in [2.45, 2.75) is 93.2 Å². The fourth-order valence-corrected chi connectivity index (χ4v) is 3.52. The molecule has 3 nitrogen and oxygen atoms in total. The zero-order valence-corrected chi connectivity index (χ0v) is 23.4. The van der Waals surface area contributed by atoms with Gasteiger partial charge in [0, 0.05) is 18.2 Å². The van der Waals surface area contributed by atoms with Gasteiger partial charge in [0.1, 0.15) is 0 Å². The smallest absolute Gasteiger partial charge is 0.386 e. The maximum absolute atomic E-state index is 10.4. The van der Waals surface area contributed by atoms with E-state index in [1.165, 1.54) is 44.1 Å². The summed E-state index contributed by atoms with van der Waals surface area (Å²) in [7, 11) is 0. The van der Waals surface area contributed by atoms with Gasteiger partial charge in [-0.05, 0) is 63.0 Å². The van der Waals surface area contributed by atoms with Crippen LogP contribution in [0.25, 0.3) is 5.70 Å². The lowest BCUT2D eigenvalue weighted by Gasteiger charge is -2.28. The number of aryl methyl sites for hydroxylation is 1. The molecule has 0 aromatic heterocycles. The van der Waals surface area contributed by atoms with E-state index >= 15 is 0 Å². The van der Waals surface area contributed by atoms with E-state index in [0.717, 1.165) is 16.8 Å². The molecule has 36 heavy (non-hydrogen) atoms. The summed E-state index contributed by atoms with van der Waals surface area (Å²) >= 11 is 0. The lowest BCUT2D eigenvalue weighted by molar-refractivity contribution is -0.110. The van der Waals surface area contributed by atoms with Crippen LogP contribution in [0.3, 0.4) is 0 Å². The molecule has 1 aromatic rings. The number of allylic oxidation sites excluding steroid dienone is 6. The van der Waals surface area contributed by atoms with Gasteiger partial charge in [-0.2, -0.15) is 13.2 Å². The highest BCUT2D eigenvalue weighted by atomic mass is 19.4. The summed E-state index contributed by atoms with van der Waals surface area (Å²) in [5.74, 6) is 0. The van der Waals surface area contributed by atoms with Gasteiger partial charge in [-0.3, -0.25) is 4.79 Å². The highest BCUT2D eigenvalue weighted by Crippen LogP contribution is 2.34. The molecule has 0 saturated carbocycles. The molecule has 0 aliphatic heterocycles. The van der Waals surface area contributed by atoms with Crippen LogP contribution < -0.4 is 11.5 Å². The molecule has 0 fully saturated rings. The number of primary amides is 1. The predicted molar refractivity (Wildman–Crippen MR) is 151 cm³/mol. The molecule has 1 aromatic carbocycles. The Balaban J connectivity index is -0.000000478. The highest BCUT2D eigenvalue weighted by molar-refractivity contribution is 5.70. The standard InChI is InChI=1S/C15H19N.C12H24.C2H3F3.CH3NO/c1-4-5-6-10-13(3)15(16)14-11-8-7-9-12(14)2;1-5-8-11-12(4,9-6-2)10-7-3;1-2(3,4)5;2-1-3/h4-11H,16H2,1-3H3;5H,1,6-11H2,2-4H3;1H3;1H,(H2,2,3)/b5-4-,10-6-,15-13+;;;. The van der Waals surface area contributed by atoms with Crippen molar-refractivity contribution in [1.29, 1.82) is 0 Å². The Bertz CT molecular complexity index is 782. The average molecular weight is 511 g/mol. The lowest BCUT2D eigenvalue weighted by atomic mass is 9.77. The molecule has 0 bridgehead atoms. The predicted octanol–water partition coefficient (Wildman–Crippen LogP) is 9.05. The molecule has 206 valence electrons. The first kappa shape index (κ1) is 37.8. The van der Waals surface area contributed by atoms with Gasteiger partial charge in [0.05, 0.1) is 0 Å². The first-order chi connectivity index (χ1) is 16.8. The van der Waals surface area contributed by atoms with Gasteiger partial charge in [0.25, 0.3) is 0 Å². The van der Waals surface area contributed by atoms with E-state index in [-0.39, 0.29) is 13.3 Å². The molecule has 1 amide bonds. The van der Waals surface area contributed by atoms with Crippen LogP contribution >= 0.6 is 0 Å². The van der Waals surface area contributed by atoms with Gasteiger partial charge in [-0.25, -0.2) is 0 Å². The number of hydrogen-bond acceptors (Lipinski definition) is 2. The van der Waals surface area contributed by atoms with Gasteiger partial charge < -0.3 is 11.5 Å². The van der Waals surface area contributed by atoms with Crippen LogP contribution in [0.4, 0.5) is 13.2 Å². The Kier molecular flexibility index (Phi) is 23.8. The molecule has 0 aliphatic carbocycles. The summed E-state index contributed by atoms with van der Waals surface area (Å²) in [5, 5.41) is 0. The van der Waals surface area contributed by atoms with E-state index in [0.29, 0.717) is 5.41 Å². The summed E-state index contributed by atoms with van der Waals surface area (Å²) < 4.78 is 31.1. The lowest BCUT2D eigenvalue weighted by Crippen LogP contribution is -2.15. The van der Waals surface area contributed by atoms with Crippen LogP contribution in [0.5, 0.6) is 0 Å². The quantitative estimate of drug-likeness (QED) is 0.187. The Labute approximate surface area is 218 Å². The van der Waals surface area contributed by atoms with Gasteiger partial charge in [-0.15, -0.1) is 6.58 Å². The highest BCUT2D eigenvalue weighted by Gasteiger charge is 2.20. The van der Waals surface area contributed by atoms with Crippen molar-refractivity contribution in [3.63, 3.8) is 0 Å². The third kappa shape index (κ3) is 24.4. The molecule has 0 aliphatic rings. The van der Waals surface area contributed by atoms with Crippen LogP contribution in [-0.4, -0.2) is 12.6 Å². The van der Waals surface area contributed by atoms with Crippen LogP contribution in [0, 0.1) is 12.3 Å². The number of amides is 1. The molecule has 0 atom stereocenters. The number of carbonyl (C=O) groups is 1. The second-order valence-corrected chi connectivity index (χ2v) is 8.85. The molecule has 4 N–H and O–H groups in total.